The first-order valence-corrected chi connectivity index (χ1v) is 11.5. The molecule has 2 aromatic rings. The van der Waals surface area contributed by atoms with Gasteiger partial charge in [-0.3, -0.25) is 9.80 Å². The molecule has 3 saturated heterocycles. The van der Waals surface area contributed by atoms with Gasteiger partial charge in [0.25, 0.3) is 0 Å². The quantitative estimate of drug-likeness (QED) is 0.757. The number of carbonyl (C=O) groups is 1. The number of ether oxygens (including phenoxy) is 1. The molecule has 1 atom stereocenters. The Hall–Kier alpha value is -2.22. The molecule has 1 spiro atoms. The van der Waals surface area contributed by atoms with Crippen LogP contribution in [0.3, 0.4) is 0 Å². The summed E-state index contributed by atoms with van der Waals surface area (Å²) in [7, 11) is 0. The molecule has 3 aliphatic heterocycles. The monoisotopic (exact) mass is 423 g/mol. The fourth-order valence-electron chi connectivity index (χ4n) is 5.28. The first-order valence-electron chi connectivity index (χ1n) is 11.5. The Bertz CT molecular complexity index is 905. The van der Waals surface area contributed by atoms with E-state index in [1.54, 1.807) is 6.20 Å². The Morgan fingerprint density at radius 3 is 2.32 bits per heavy atom. The molecule has 0 saturated carbocycles. The Kier molecular flexibility index (Phi) is 5.82. The average Bonchev–Trinajstić information content (AvgIpc) is 3.51. The standard InChI is InChI=1S/C24H33N5O2/c1-20-14-25-29(15-20)23(30)28-9-7-24(19-28)6-8-27(18-24)17-22-4-2-21(3-5-22)16-26-10-12-31-13-11-26/h2-5,14-15H,6-13,16-19H2,1H3. The number of hydrogen-bond donors (Lipinski definition) is 0. The largest absolute Gasteiger partial charge is 0.379 e. The Morgan fingerprint density at radius 2 is 1.65 bits per heavy atom. The van der Waals surface area contributed by atoms with Crippen LogP contribution in [0, 0.1) is 12.3 Å². The van der Waals surface area contributed by atoms with Crippen LogP contribution in [0.25, 0.3) is 0 Å². The van der Waals surface area contributed by atoms with Crippen LogP contribution in [0.2, 0.25) is 0 Å². The van der Waals surface area contributed by atoms with Crippen LogP contribution in [0.1, 0.15) is 29.5 Å². The van der Waals surface area contributed by atoms with Crippen LogP contribution in [-0.2, 0) is 17.8 Å². The van der Waals surface area contributed by atoms with Gasteiger partial charge in [0.15, 0.2) is 0 Å². The smallest absolute Gasteiger partial charge is 0.344 e. The molecule has 1 amide bonds. The average molecular weight is 424 g/mol. The number of benzene rings is 1. The molecule has 7 heteroatoms. The van der Waals surface area contributed by atoms with Crippen molar-refractivity contribution in [2.24, 2.45) is 5.41 Å². The van der Waals surface area contributed by atoms with E-state index < -0.39 is 0 Å². The SMILES string of the molecule is Cc1cnn(C(=O)N2CCC3(CCN(Cc4ccc(CN5CCOCC5)cc4)C3)C2)c1. The fraction of sp³-hybridized carbons (Fsp3) is 0.583. The molecule has 1 aromatic carbocycles. The lowest BCUT2D eigenvalue weighted by Gasteiger charge is -2.26. The zero-order valence-corrected chi connectivity index (χ0v) is 18.5. The molecule has 3 fully saturated rings. The van der Waals surface area contributed by atoms with Crippen molar-refractivity contribution >= 4 is 6.03 Å². The minimum absolute atomic E-state index is 0.0132. The summed E-state index contributed by atoms with van der Waals surface area (Å²) in [6.07, 6.45) is 5.82. The summed E-state index contributed by atoms with van der Waals surface area (Å²) >= 11 is 0. The van der Waals surface area contributed by atoms with Crippen molar-refractivity contribution in [2.45, 2.75) is 32.9 Å². The van der Waals surface area contributed by atoms with Gasteiger partial charge in [0.05, 0.1) is 19.4 Å². The van der Waals surface area contributed by atoms with Crippen LogP contribution in [0.15, 0.2) is 36.7 Å². The van der Waals surface area contributed by atoms with Crippen LogP contribution in [0.5, 0.6) is 0 Å². The summed E-state index contributed by atoms with van der Waals surface area (Å²) in [6.45, 7) is 11.6. The molecule has 1 unspecified atom stereocenters. The van der Waals surface area contributed by atoms with Crippen molar-refractivity contribution in [1.82, 2.24) is 24.5 Å². The number of rotatable bonds is 4. The number of morpholine rings is 1. The van der Waals surface area contributed by atoms with E-state index >= 15 is 0 Å². The summed E-state index contributed by atoms with van der Waals surface area (Å²) < 4.78 is 6.93. The van der Waals surface area contributed by atoms with E-state index in [0.29, 0.717) is 0 Å². The molecule has 1 aromatic heterocycles. The predicted molar refractivity (Wildman–Crippen MR) is 119 cm³/mol. The molecule has 0 aliphatic carbocycles. The third-order valence-corrected chi connectivity index (χ3v) is 7.07. The molecule has 0 bridgehead atoms. The van der Waals surface area contributed by atoms with Crippen molar-refractivity contribution < 1.29 is 9.53 Å². The molecule has 5 rings (SSSR count). The maximum Gasteiger partial charge on any atom is 0.344 e. The summed E-state index contributed by atoms with van der Waals surface area (Å²) in [5, 5.41) is 4.20. The van der Waals surface area contributed by atoms with Crippen LogP contribution >= 0.6 is 0 Å². The van der Waals surface area contributed by atoms with Gasteiger partial charge >= 0.3 is 6.03 Å². The van der Waals surface area contributed by atoms with E-state index in [4.69, 9.17) is 4.74 Å². The van der Waals surface area contributed by atoms with E-state index in [2.05, 4.69) is 39.2 Å². The molecule has 31 heavy (non-hydrogen) atoms. The second kappa shape index (κ2) is 8.73. The number of hydrogen-bond acceptors (Lipinski definition) is 5. The number of aromatic nitrogens is 2. The molecule has 0 radical (unpaired) electrons. The summed E-state index contributed by atoms with van der Waals surface area (Å²) in [5.74, 6) is 0. The number of likely N-dealkylation sites (tertiary alicyclic amines) is 2. The zero-order valence-electron chi connectivity index (χ0n) is 18.5. The molecule has 3 aliphatic rings. The molecule has 4 heterocycles. The summed E-state index contributed by atoms with van der Waals surface area (Å²) in [6, 6.07) is 9.13. The summed E-state index contributed by atoms with van der Waals surface area (Å²) in [5.41, 5.74) is 4.02. The highest BCUT2D eigenvalue weighted by molar-refractivity contribution is 5.76. The molecule has 166 valence electrons. The van der Waals surface area contributed by atoms with Crippen LogP contribution in [0.4, 0.5) is 4.79 Å². The zero-order chi connectivity index (χ0) is 21.3. The Labute approximate surface area is 184 Å². The third-order valence-electron chi connectivity index (χ3n) is 7.07. The van der Waals surface area contributed by atoms with Crippen molar-refractivity contribution in [2.75, 3.05) is 52.5 Å². The topological polar surface area (TPSA) is 53.8 Å². The minimum Gasteiger partial charge on any atom is -0.379 e. The van der Waals surface area contributed by atoms with Crippen LogP contribution in [-0.4, -0.2) is 83.0 Å². The lowest BCUT2D eigenvalue weighted by atomic mass is 9.86. The van der Waals surface area contributed by atoms with E-state index in [0.717, 1.165) is 77.6 Å². The molecule has 7 nitrogen and oxygen atoms in total. The lowest BCUT2D eigenvalue weighted by Crippen LogP contribution is -2.36. The van der Waals surface area contributed by atoms with Gasteiger partial charge in [0, 0.05) is 57.4 Å². The van der Waals surface area contributed by atoms with E-state index in [9.17, 15) is 4.79 Å². The normalized spacial score (nSPS) is 25.0. The minimum atomic E-state index is 0.0132. The van der Waals surface area contributed by atoms with Crippen molar-refractivity contribution in [3.8, 4) is 0 Å². The highest BCUT2D eigenvalue weighted by Crippen LogP contribution is 2.40. The van der Waals surface area contributed by atoms with E-state index in [1.807, 2.05) is 18.0 Å². The molecular formula is C24H33N5O2. The van der Waals surface area contributed by atoms with E-state index in [-0.39, 0.29) is 11.4 Å². The highest BCUT2D eigenvalue weighted by atomic mass is 16.5. The first kappa shape index (κ1) is 20.7. The Balaban J connectivity index is 1.13. The fourth-order valence-corrected chi connectivity index (χ4v) is 5.28. The van der Waals surface area contributed by atoms with Gasteiger partial charge in [-0.25, -0.2) is 4.79 Å². The van der Waals surface area contributed by atoms with Crippen molar-refractivity contribution in [1.29, 1.82) is 0 Å². The van der Waals surface area contributed by atoms with Gasteiger partial charge in [-0.05, 0) is 43.0 Å². The second-order valence-corrected chi connectivity index (χ2v) is 9.58. The lowest BCUT2D eigenvalue weighted by molar-refractivity contribution is 0.0342. The van der Waals surface area contributed by atoms with E-state index in [1.165, 1.54) is 22.2 Å². The van der Waals surface area contributed by atoms with Gasteiger partial charge in [-0.1, -0.05) is 24.3 Å². The number of nitrogens with zero attached hydrogens (tertiary/aromatic N) is 5. The molecule has 0 N–H and O–H groups in total. The second-order valence-electron chi connectivity index (χ2n) is 9.58. The van der Waals surface area contributed by atoms with Gasteiger partial charge < -0.3 is 9.64 Å². The predicted octanol–water partition coefficient (Wildman–Crippen LogP) is 2.59. The van der Waals surface area contributed by atoms with Gasteiger partial charge in [0.2, 0.25) is 0 Å². The number of aryl methyl sites for hydroxylation is 1. The van der Waals surface area contributed by atoms with Crippen LogP contribution < -0.4 is 0 Å². The molecular weight excluding hydrogens is 390 g/mol. The third kappa shape index (κ3) is 4.68. The van der Waals surface area contributed by atoms with Crippen molar-refractivity contribution in [3.05, 3.63) is 53.3 Å². The van der Waals surface area contributed by atoms with Gasteiger partial charge in [-0.15, -0.1) is 0 Å². The van der Waals surface area contributed by atoms with Gasteiger partial charge in [-0.2, -0.15) is 9.78 Å². The Morgan fingerprint density at radius 1 is 0.968 bits per heavy atom. The number of carbonyl (C=O) groups excluding carboxylic acids is 1. The van der Waals surface area contributed by atoms with Gasteiger partial charge in [0.1, 0.15) is 0 Å². The summed E-state index contributed by atoms with van der Waals surface area (Å²) in [4.78, 5) is 19.7. The number of amides is 1. The highest BCUT2D eigenvalue weighted by Gasteiger charge is 2.44. The van der Waals surface area contributed by atoms with Crippen molar-refractivity contribution in [3.63, 3.8) is 0 Å². The maximum atomic E-state index is 12.7. The maximum absolute atomic E-state index is 12.7. The first-order chi connectivity index (χ1) is 15.1.